The third-order valence-corrected chi connectivity index (χ3v) is 3.34. The molecule has 0 bridgehead atoms. The van der Waals surface area contributed by atoms with E-state index in [9.17, 15) is 0 Å². The van der Waals surface area contributed by atoms with Gasteiger partial charge < -0.3 is 9.88 Å². The van der Waals surface area contributed by atoms with Crippen LogP contribution in [0.1, 0.15) is 71.5 Å². The zero-order chi connectivity index (χ0) is 13.4. The van der Waals surface area contributed by atoms with Gasteiger partial charge in [0.1, 0.15) is 0 Å². The number of nitrogens with zero attached hydrogens (tertiary/aromatic N) is 2. The molecule has 0 aliphatic heterocycles. The topological polar surface area (TPSA) is 29.9 Å². The summed E-state index contributed by atoms with van der Waals surface area (Å²) < 4.78 is 2.38. The quantitative estimate of drug-likeness (QED) is 0.721. The normalized spacial score (nSPS) is 13.2. The van der Waals surface area contributed by atoms with Crippen molar-refractivity contribution in [3.63, 3.8) is 0 Å². The van der Waals surface area contributed by atoms with Crippen LogP contribution in [0.3, 0.4) is 0 Å². The number of hydrogen-bond donors (Lipinski definition) is 1. The number of hydrogen-bond acceptors (Lipinski definition) is 2. The molecule has 0 aliphatic rings. The van der Waals surface area contributed by atoms with Crippen molar-refractivity contribution in [3.8, 4) is 0 Å². The third kappa shape index (κ3) is 4.81. The summed E-state index contributed by atoms with van der Waals surface area (Å²) in [6.45, 7) is 9.81. The summed E-state index contributed by atoms with van der Waals surface area (Å²) in [5.74, 6) is 0. The van der Waals surface area contributed by atoms with E-state index in [0.29, 0.717) is 12.1 Å². The van der Waals surface area contributed by atoms with Crippen LogP contribution in [0, 0.1) is 0 Å². The highest BCUT2D eigenvalue weighted by atomic mass is 15.1. The van der Waals surface area contributed by atoms with Gasteiger partial charge in [-0.1, -0.05) is 47.0 Å². The Morgan fingerprint density at radius 3 is 2.61 bits per heavy atom. The summed E-state index contributed by atoms with van der Waals surface area (Å²) in [5, 5.41) is 3.48. The monoisotopic (exact) mass is 251 g/mol. The second kappa shape index (κ2) is 8.30. The van der Waals surface area contributed by atoms with E-state index in [0.717, 1.165) is 6.54 Å². The minimum Gasteiger partial charge on any atom is -0.330 e. The largest absolute Gasteiger partial charge is 0.330 e. The average Bonchev–Trinajstić information content (AvgIpc) is 2.80. The molecule has 0 amide bonds. The van der Waals surface area contributed by atoms with Crippen LogP contribution < -0.4 is 5.32 Å². The predicted molar refractivity (Wildman–Crippen MR) is 77.7 cm³/mol. The number of aromatic nitrogens is 2. The van der Waals surface area contributed by atoms with Gasteiger partial charge in [0, 0.05) is 24.8 Å². The summed E-state index contributed by atoms with van der Waals surface area (Å²) in [6.07, 6.45) is 10.4. The maximum atomic E-state index is 4.33. The molecule has 1 rings (SSSR count). The molecule has 0 aromatic carbocycles. The Balaban J connectivity index is 2.67. The van der Waals surface area contributed by atoms with Crippen molar-refractivity contribution in [3.05, 3.63) is 18.2 Å². The lowest BCUT2D eigenvalue weighted by Gasteiger charge is -2.21. The van der Waals surface area contributed by atoms with E-state index < -0.39 is 0 Å². The summed E-state index contributed by atoms with van der Waals surface area (Å²) in [7, 11) is 0. The Hall–Kier alpha value is -0.830. The Morgan fingerprint density at radius 1 is 1.22 bits per heavy atom. The zero-order valence-corrected chi connectivity index (χ0v) is 12.4. The van der Waals surface area contributed by atoms with Crippen molar-refractivity contribution in [1.82, 2.24) is 14.9 Å². The minimum atomic E-state index is 0.522. The van der Waals surface area contributed by atoms with Crippen molar-refractivity contribution in [2.24, 2.45) is 0 Å². The van der Waals surface area contributed by atoms with Crippen molar-refractivity contribution >= 4 is 0 Å². The van der Waals surface area contributed by atoms with Crippen LogP contribution in [0.15, 0.2) is 12.5 Å². The molecule has 0 radical (unpaired) electrons. The third-order valence-electron chi connectivity index (χ3n) is 3.34. The van der Waals surface area contributed by atoms with Crippen LogP contribution >= 0.6 is 0 Å². The van der Waals surface area contributed by atoms with Gasteiger partial charge in [0.05, 0.1) is 12.0 Å². The number of rotatable bonds is 9. The second-order valence-electron chi connectivity index (χ2n) is 5.41. The van der Waals surface area contributed by atoms with Crippen LogP contribution in [0.25, 0.3) is 0 Å². The van der Waals surface area contributed by atoms with Crippen molar-refractivity contribution in [2.45, 2.75) is 78.4 Å². The maximum absolute atomic E-state index is 4.33. The Bertz CT molecular complexity index is 317. The van der Waals surface area contributed by atoms with Gasteiger partial charge in [-0.05, 0) is 12.8 Å². The fourth-order valence-electron chi connectivity index (χ4n) is 2.30. The molecular formula is C15H29N3. The lowest BCUT2D eigenvalue weighted by atomic mass is 10.0. The highest BCUT2D eigenvalue weighted by Gasteiger charge is 2.13. The SMILES string of the molecule is CCCCC(CCC)n1cncc1CNC(C)C. The molecule has 1 aromatic heterocycles. The number of unbranched alkanes of at least 4 members (excludes halogenated alkanes) is 1. The van der Waals surface area contributed by atoms with Crippen LogP contribution in [-0.2, 0) is 6.54 Å². The summed E-state index contributed by atoms with van der Waals surface area (Å²) in [5.41, 5.74) is 1.32. The molecule has 0 saturated heterocycles. The molecule has 3 nitrogen and oxygen atoms in total. The molecule has 1 atom stereocenters. The van der Waals surface area contributed by atoms with Crippen molar-refractivity contribution < 1.29 is 0 Å². The fraction of sp³-hybridized carbons (Fsp3) is 0.800. The van der Waals surface area contributed by atoms with E-state index in [1.54, 1.807) is 0 Å². The van der Waals surface area contributed by atoms with E-state index in [1.807, 2.05) is 12.5 Å². The van der Waals surface area contributed by atoms with Gasteiger partial charge in [-0.25, -0.2) is 4.98 Å². The Morgan fingerprint density at radius 2 is 2.00 bits per heavy atom. The standard InChI is InChI=1S/C15H29N3/c1-5-7-9-14(8-6-2)18-12-16-10-15(18)11-17-13(3)4/h10,12-14,17H,5-9,11H2,1-4H3. The van der Waals surface area contributed by atoms with Gasteiger partial charge in [-0.15, -0.1) is 0 Å². The van der Waals surface area contributed by atoms with Crippen molar-refractivity contribution in [2.75, 3.05) is 0 Å². The molecule has 1 N–H and O–H groups in total. The van der Waals surface area contributed by atoms with E-state index >= 15 is 0 Å². The number of nitrogens with one attached hydrogen (secondary N) is 1. The average molecular weight is 251 g/mol. The lowest BCUT2D eigenvalue weighted by Crippen LogP contribution is -2.24. The van der Waals surface area contributed by atoms with Gasteiger partial charge in [0.15, 0.2) is 0 Å². The van der Waals surface area contributed by atoms with Gasteiger partial charge in [0.2, 0.25) is 0 Å². The van der Waals surface area contributed by atoms with E-state index in [-0.39, 0.29) is 0 Å². The van der Waals surface area contributed by atoms with E-state index in [1.165, 1.54) is 37.8 Å². The maximum Gasteiger partial charge on any atom is 0.0951 e. The minimum absolute atomic E-state index is 0.522. The summed E-state index contributed by atoms with van der Waals surface area (Å²) in [4.78, 5) is 4.33. The molecule has 1 aromatic rings. The first kappa shape index (κ1) is 15.2. The Labute approximate surface area is 112 Å². The van der Waals surface area contributed by atoms with Gasteiger partial charge in [-0.2, -0.15) is 0 Å². The van der Waals surface area contributed by atoms with Crippen LogP contribution in [-0.4, -0.2) is 15.6 Å². The van der Waals surface area contributed by atoms with E-state index in [2.05, 4.69) is 42.6 Å². The molecule has 0 aliphatic carbocycles. The first-order chi connectivity index (χ1) is 8.69. The van der Waals surface area contributed by atoms with Gasteiger partial charge in [-0.3, -0.25) is 0 Å². The molecule has 1 unspecified atom stereocenters. The highest BCUT2D eigenvalue weighted by molar-refractivity contribution is 5.00. The molecule has 18 heavy (non-hydrogen) atoms. The van der Waals surface area contributed by atoms with Crippen molar-refractivity contribution in [1.29, 1.82) is 0 Å². The molecule has 3 heteroatoms. The zero-order valence-electron chi connectivity index (χ0n) is 12.4. The fourth-order valence-corrected chi connectivity index (χ4v) is 2.30. The smallest absolute Gasteiger partial charge is 0.0951 e. The first-order valence-corrected chi connectivity index (χ1v) is 7.43. The molecule has 1 heterocycles. The van der Waals surface area contributed by atoms with Gasteiger partial charge in [0.25, 0.3) is 0 Å². The summed E-state index contributed by atoms with van der Waals surface area (Å²) >= 11 is 0. The lowest BCUT2D eigenvalue weighted by molar-refractivity contribution is 0.401. The van der Waals surface area contributed by atoms with Gasteiger partial charge >= 0.3 is 0 Å². The molecule has 0 spiro atoms. The number of imidazole rings is 1. The predicted octanol–water partition coefficient (Wildman–Crippen LogP) is 3.91. The van der Waals surface area contributed by atoms with E-state index in [4.69, 9.17) is 0 Å². The Kier molecular flexibility index (Phi) is 7.02. The summed E-state index contributed by atoms with van der Waals surface area (Å²) in [6, 6.07) is 1.15. The molecular weight excluding hydrogens is 222 g/mol. The molecule has 104 valence electrons. The highest BCUT2D eigenvalue weighted by Crippen LogP contribution is 2.22. The first-order valence-electron chi connectivity index (χ1n) is 7.43. The second-order valence-corrected chi connectivity index (χ2v) is 5.41. The molecule has 0 fully saturated rings. The van der Waals surface area contributed by atoms with Crippen LogP contribution in [0.5, 0.6) is 0 Å². The van der Waals surface area contributed by atoms with Crippen LogP contribution in [0.4, 0.5) is 0 Å². The molecule has 0 saturated carbocycles. The van der Waals surface area contributed by atoms with Crippen LogP contribution in [0.2, 0.25) is 0 Å².